The Balaban J connectivity index is 1.85. The summed E-state index contributed by atoms with van der Waals surface area (Å²) in [6, 6.07) is 13.9. The summed E-state index contributed by atoms with van der Waals surface area (Å²) < 4.78 is 11.8. The van der Waals surface area contributed by atoms with Crippen molar-refractivity contribution in [3.05, 3.63) is 58.6 Å². The van der Waals surface area contributed by atoms with E-state index in [1.165, 1.54) is 0 Å². The molecule has 7 heteroatoms. The van der Waals surface area contributed by atoms with Gasteiger partial charge >= 0.3 is 0 Å². The number of carbonyl (C=O) groups is 2. The van der Waals surface area contributed by atoms with Gasteiger partial charge in [0.2, 0.25) is 0 Å². The Bertz CT molecular complexity index is 732. The summed E-state index contributed by atoms with van der Waals surface area (Å²) in [5, 5.41) is 0. The van der Waals surface area contributed by atoms with Crippen molar-refractivity contribution in [1.29, 1.82) is 0 Å². The van der Waals surface area contributed by atoms with E-state index in [9.17, 15) is 9.59 Å². The molecule has 0 heterocycles. The van der Waals surface area contributed by atoms with E-state index in [2.05, 4.69) is 26.8 Å². The molecule has 2 aromatic rings. The van der Waals surface area contributed by atoms with Crippen molar-refractivity contribution in [2.24, 2.45) is 0 Å². The zero-order valence-corrected chi connectivity index (χ0v) is 15.5. The molecule has 0 saturated heterocycles. The van der Waals surface area contributed by atoms with E-state index in [1.54, 1.807) is 48.5 Å². The second-order valence-corrected chi connectivity index (χ2v) is 6.32. The van der Waals surface area contributed by atoms with Crippen LogP contribution >= 0.6 is 15.9 Å². The summed E-state index contributed by atoms with van der Waals surface area (Å²) in [6.07, 6.45) is -0.0668. The van der Waals surface area contributed by atoms with Gasteiger partial charge in [0.25, 0.3) is 11.8 Å². The highest BCUT2D eigenvalue weighted by Gasteiger charge is 2.14. The minimum atomic E-state index is -0.474. The van der Waals surface area contributed by atoms with Crippen molar-refractivity contribution in [3.63, 3.8) is 0 Å². The molecule has 0 aliphatic heterocycles. The minimum absolute atomic E-state index is 0.0668. The van der Waals surface area contributed by atoms with E-state index in [0.717, 1.165) is 4.47 Å². The number of carbonyl (C=O) groups excluding carboxylic acids is 2. The summed E-state index contributed by atoms with van der Waals surface area (Å²) in [5.74, 6) is 0.0717. The Morgan fingerprint density at radius 2 is 1.72 bits per heavy atom. The molecule has 0 atom stereocenters. The lowest BCUT2D eigenvalue weighted by atomic mass is 10.2. The van der Waals surface area contributed by atoms with Crippen LogP contribution in [0.15, 0.2) is 53.0 Å². The number of benzene rings is 2. The van der Waals surface area contributed by atoms with Crippen LogP contribution in [0.4, 0.5) is 0 Å². The SMILES string of the molecule is CC(C)Oc1ccccc1C(=O)NNC(=O)COc1ccc(Br)cc1. The van der Waals surface area contributed by atoms with Crippen LogP contribution in [0.25, 0.3) is 0 Å². The number of rotatable bonds is 6. The Morgan fingerprint density at radius 3 is 2.40 bits per heavy atom. The van der Waals surface area contributed by atoms with Gasteiger partial charge in [0.15, 0.2) is 6.61 Å². The van der Waals surface area contributed by atoms with E-state index in [1.807, 2.05) is 13.8 Å². The van der Waals surface area contributed by atoms with Crippen LogP contribution in [0.3, 0.4) is 0 Å². The molecule has 132 valence electrons. The highest BCUT2D eigenvalue weighted by molar-refractivity contribution is 9.10. The molecular weight excluding hydrogens is 388 g/mol. The summed E-state index contributed by atoms with van der Waals surface area (Å²) in [4.78, 5) is 24.0. The molecule has 0 radical (unpaired) electrons. The number of halogens is 1. The maximum absolute atomic E-state index is 12.2. The first-order chi connectivity index (χ1) is 12.0. The zero-order valence-electron chi connectivity index (χ0n) is 13.9. The van der Waals surface area contributed by atoms with Crippen molar-refractivity contribution >= 4 is 27.7 Å². The van der Waals surface area contributed by atoms with Crippen molar-refractivity contribution in [2.75, 3.05) is 6.61 Å². The van der Waals surface area contributed by atoms with Crippen molar-refractivity contribution < 1.29 is 19.1 Å². The highest BCUT2D eigenvalue weighted by Crippen LogP contribution is 2.19. The van der Waals surface area contributed by atoms with Crippen molar-refractivity contribution in [1.82, 2.24) is 10.9 Å². The van der Waals surface area contributed by atoms with Gasteiger partial charge < -0.3 is 9.47 Å². The first-order valence-electron chi connectivity index (χ1n) is 7.69. The third kappa shape index (κ3) is 6.11. The van der Waals surface area contributed by atoms with Gasteiger partial charge in [-0.2, -0.15) is 0 Å². The topological polar surface area (TPSA) is 76.7 Å². The molecule has 0 saturated carbocycles. The third-order valence-electron chi connectivity index (χ3n) is 2.99. The summed E-state index contributed by atoms with van der Waals surface area (Å²) in [6.45, 7) is 3.53. The second kappa shape index (κ2) is 9.08. The van der Waals surface area contributed by atoms with Crippen LogP contribution in [0.2, 0.25) is 0 Å². The first kappa shape index (κ1) is 18.8. The third-order valence-corrected chi connectivity index (χ3v) is 3.52. The van der Waals surface area contributed by atoms with Gasteiger partial charge in [-0.25, -0.2) is 0 Å². The lowest BCUT2D eigenvalue weighted by molar-refractivity contribution is -0.123. The molecule has 2 aromatic carbocycles. The first-order valence-corrected chi connectivity index (χ1v) is 8.48. The number of hydrogen-bond acceptors (Lipinski definition) is 4. The van der Waals surface area contributed by atoms with Gasteiger partial charge in [-0.05, 0) is 50.2 Å². The Kier molecular flexibility index (Phi) is 6.82. The van der Waals surface area contributed by atoms with E-state index in [4.69, 9.17) is 9.47 Å². The van der Waals surface area contributed by atoms with E-state index >= 15 is 0 Å². The standard InChI is InChI=1S/C18H19BrN2O4/c1-12(2)25-16-6-4-3-5-15(16)18(23)21-20-17(22)11-24-14-9-7-13(19)8-10-14/h3-10,12H,11H2,1-2H3,(H,20,22)(H,21,23). The van der Waals surface area contributed by atoms with Crippen LogP contribution in [-0.2, 0) is 4.79 Å². The molecule has 25 heavy (non-hydrogen) atoms. The van der Waals surface area contributed by atoms with Gasteiger partial charge in [0.05, 0.1) is 11.7 Å². The number of hydrogen-bond donors (Lipinski definition) is 2. The average Bonchev–Trinajstić information content (AvgIpc) is 2.59. The van der Waals surface area contributed by atoms with Crippen LogP contribution in [0.5, 0.6) is 11.5 Å². The number of nitrogens with one attached hydrogen (secondary N) is 2. The fourth-order valence-electron chi connectivity index (χ4n) is 1.92. The van der Waals surface area contributed by atoms with Gasteiger partial charge in [-0.15, -0.1) is 0 Å². The van der Waals surface area contributed by atoms with E-state index in [0.29, 0.717) is 17.1 Å². The fraction of sp³-hybridized carbons (Fsp3) is 0.222. The number of ether oxygens (including phenoxy) is 2. The molecule has 0 aliphatic rings. The fourth-order valence-corrected chi connectivity index (χ4v) is 2.18. The highest BCUT2D eigenvalue weighted by atomic mass is 79.9. The summed E-state index contributed by atoms with van der Waals surface area (Å²) in [5.41, 5.74) is 5.00. The van der Waals surface area contributed by atoms with Gasteiger partial charge in [0, 0.05) is 4.47 Å². The Labute approximate surface area is 154 Å². The Morgan fingerprint density at radius 1 is 1.04 bits per heavy atom. The quantitative estimate of drug-likeness (QED) is 0.722. The number of amides is 2. The van der Waals surface area contributed by atoms with E-state index < -0.39 is 11.8 Å². The molecule has 0 bridgehead atoms. The predicted octanol–water partition coefficient (Wildman–Crippen LogP) is 3.08. The normalized spacial score (nSPS) is 10.2. The second-order valence-electron chi connectivity index (χ2n) is 5.41. The van der Waals surface area contributed by atoms with Crippen LogP contribution < -0.4 is 20.3 Å². The summed E-state index contributed by atoms with van der Waals surface area (Å²) in [7, 11) is 0. The van der Waals surface area contributed by atoms with E-state index in [-0.39, 0.29) is 12.7 Å². The average molecular weight is 407 g/mol. The van der Waals surface area contributed by atoms with Gasteiger partial charge in [0.1, 0.15) is 11.5 Å². The monoisotopic (exact) mass is 406 g/mol. The van der Waals surface area contributed by atoms with Gasteiger partial charge in [-0.3, -0.25) is 20.4 Å². The number of para-hydroxylation sites is 1. The molecule has 0 spiro atoms. The molecule has 2 amide bonds. The predicted molar refractivity (Wildman–Crippen MR) is 97.5 cm³/mol. The molecule has 0 unspecified atom stereocenters. The molecule has 0 aromatic heterocycles. The summed E-state index contributed by atoms with van der Waals surface area (Å²) >= 11 is 3.32. The molecular formula is C18H19BrN2O4. The van der Waals surface area contributed by atoms with Crippen LogP contribution in [-0.4, -0.2) is 24.5 Å². The Hall–Kier alpha value is -2.54. The maximum atomic E-state index is 12.2. The molecule has 2 rings (SSSR count). The molecule has 0 aliphatic carbocycles. The minimum Gasteiger partial charge on any atom is -0.490 e. The van der Waals surface area contributed by atoms with Gasteiger partial charge in [-0.1, -0.05) is 28.1 Å². The van der Waals surface area contributed by atoms with Crippen molar-refractivity contribution in [2.45, 2.75) is 20.0 Å². The van der Waals surface area contributed by atoms with Crippen LogP contribution in [0.1, 0.15) is 24.2 Å². The molecule has 2 N–H and O–H groups in total. The lowest BCUT2D eigenvalue weighted by Gasteiger charge is -2.14. The lowest BCUT2D eigenvalue weighted by Crippen LogP contribution is -2.44. The number of hydrazine groups is 1. The zero-order chi connectivity index (χ0) is 18.2. The molecule has 0 fully saturated rings. The van der Waals surface area contributed by atoms with Crippen molar-refractivity contribution in [3.8, 4) is 11.5 Å². The smallest absolute Gasteiger partial charge is 0.276 e. The largest absolute Gasteiger partial charge is 0.490 e. The van der Waals surface area contributed by atoms with Crippen LogP contribution in [0, 0.1) is 0 Å². The molecule has 6 nitrogen and oxygen atoms in total. The maximum Gasteiger partial charge on any atom is 0.276 e.